The second-order valence-electron chi connectivity index (χ2n) is 3.78. The van der Waals surface area contributed by atoms with Gasteiger partial charge in [-0.2, -0.15) is 0 Å². The van der Waals surface area contributed by atoms with Crippen molar-refractivity contribution in [2.45, 2.75) is 6.10 Å². The molecule has 2 N–H and O–H groups in total. The van der Waals surface area contributed by atoms with Crippen molar-refractivity contribution < 1.29 is 9.53 Å². The molecule has 1 unspecified atom stereocenters. The van der Waals surface area contributed by atoms with Gasteiger partial charge in [0.15, 0.2) is 6.10 Å². The number of amides is 1. The average molecular weight is 275 g/mol. The Balaban J connectivity index is 2.22. The quantitative estimate of drug-likeness (QED) is 0.893. The van der Waals surface area contributed by atoms with Crippen molar-refractivity contribution in [2.75, 3.05) is 24.6 Å². The number of hydrogen-bond donors (Lipinski definition) is 1. The van der Waals surface area contributed by atoms with Crippen LogP contribution in [0.15, 0.2) is 18.2 Å². The van der Waals surface area contributed by atoms with Gasteiger partial charge in [-0.25, -0.2) is 0 Å². The summed E-state index contributed by atoms with van der Waals surface area (Å²) < 4.78 is 5.27. The smallest absolute Gasteiger partial charge is 0.248 e. The number of rotatable bonds is 2. The SMILES string of the molecule is NC(=O)C1CN(c2cccc(Cl)c2Cl)CCO1. The summed E-state index contributed by atoms with van der Waals surface area (Å²) in [6.07, 6.45) is -0.598. The van der Waals surface area contributed by atoms with Gasteiger partial charge in [-0.1, -0.05) is 29.3 Å². The minimum atomic E-state index is -0.598. The van der Waals surface area contributed by atoms with Crippen LogP contribution in [0.5, 0.6) is 0 Å². The molecule has 6 heteroatoms. The van der Waals surface area contributed by atoms with Crippen LogP contribution >= 0.6 is 23.2 Å². The average Bonchev–Trinajstić information content (AvgIpc) is 2.33. The van der Waals surface area contributed by atoms with Crippen LogP contribution in [0.3, 0.4) is 0 Å². The van der Waals surface area contributed by atoms with E-state index in [1.165, 1.54) is 0 Å². The predicted molar refractivity (Wildman–Crippen MR) is 67.6 cm³/mol. The normalized spacial score (nSPS) is 20.4. The van der Waals surface area contributed by atoms with Crippen LogP contribution in [0.25, 0.3) is 0 Å². The molecule has 92 valence electrons. The number of ether oxygens (including phenoxy) is 1. The fourth-order valence-electron chi connectivity index (χ4n) is 1.78. The first-order valence-corrected chi connectivity index (χ1v) is 5.95. The summed E-state index contributed by atoms with van der Waals surface area (Å²) in [7, 11) is 0. The van der Waals surface area contributed by atoms with Crippen LogP contribution in [-0.4, -0.2) is 31.7 Å². The van der Waals surface area contributed by atoms with Gasteiger partial charge in [0.1, 0.15) is 0 Å². The molecule has 0 spiro atoms. The third kappa shape index (κ3) is 2.65. The first kappa shape index (κ1) is 12.5. The minimum Gasteiger partial charge on any atom is -0.367 e. The summed E-state index contributed by atoms with van der Waals surface area (Å²) >= 11 is 12.1. The molecule has 1 aromatic rings. The highest BCUT2D eigenvalue weighted by Gasteiger charge is 2.26. The number of anilines is 1. The lowest BCUT2D eigenvalue weighted by Gasteiger charge is -2.33. The lowest BCUT2D eigenvalue weighted by molar-refractivity contribution is -0.130. The van der Waals surface area contributed by atoms with Crippen molar-refractivity contribution >= 4 is 34.8 Å². The highest BCUT2D eigenvalue weighted by Crippen LogP contribution is 2.33. The van der Waals surface area contributed by atoms with Crippen LogP contribution in [0.1, 0.15) is 0 Å². The largest absolute Gasteiger partial charge is 0.367 e. The molecule has 1 aliphatic heterocycles. The molecule has 0 radical (unpaired) electrons. The summed E-state index contributed by atoms with van der Waals surface area (Å²) in [5, 5.41) is 0.977. The van der Waals surface area contributed by atoms with Crippen molar-refractivity contribution in [1.82, 2.24) is 0 Å². The lowest BCUT2D eigenvalue weighted by Crippen LogP contribution is -2.48. The molecule has 0 bridgehead atoms. The van der Waals surface area contributed by atoms with Gasteiger partial charge in [0, 0.05) is 6.54 Å². The summed E-state index contributed by atoms with van der Waals surface area (Å²) in [6.45, 7) is 1.50. The number of primary amides is 1. The Morgan fingerprint density at radius 3 is 2.94 bits per heavy atom. The van der Waals surface area contributed by atoms with E-state index >= 15 is 0 Å². The Bertz CT molecular complexity index is 439. The second-order valence-corrected chi connectivity index (χ2v) is 4.57. The van der Waals surface area contributed by atoms with Crippen LogP contribution in [-0.2, 0) is 9.53 Å². The Kier molecular flexibility index (Phi) is 3.76. The third-order valence-electron chi connectivity index (χ3n) is 2.66. The van der Waals surface area contributed by atoms with E-state index in [1.54, 1.807) is 6.07 Å². The number of benzene rings is 1. The molecule has 1 saturated heterocycles. The van der Waals surface area contributed by atoms with Crippen LogP contribution in [0.2, 0.25) is 10.0 Å². The van der Waals surface area contributed by atoms with Gasteiger partial charge in [0.05, 0.1) is 28.9 Å². The van der Waals surface area contributed by atoms with E-state index < -0.39 is 12.0 Å². The fourth-order valence-corrected chi connectivity index (χ4v) is 2.19. The highest BCUT2D eigenvalue weighted by atomic mass is 35.5. The molecule has 0 aromatic heterocycles. The molecular weight excluding hydrogens is 263 g/mol. The van der Waals surface area contributed by atoms with E-state index in [0.29, 0.717) is 29.7 Å². The van der Waals surface area contributed by atoms with Gasteiger partial charge < -0.3 is 15.4 Å². The summed E-state index contributed by atoms with van der Waals surface area (Å²) in [5.74, 6) is -0.465. The number of carbonyl (C=O) groups is 1. The van der Waals surface area contributed by atoms with E-state index in [1.807, 2.05) is 17.0 Å². The Morgan fingerprint density at radius 1 is 1.47 bits per heavy atom. The molecule has 2 rings (SSSR count). The van der Waals surface area contributed by atoms with Gasteiger partial charge in [-0.3, -0.25) is 4.79 Å². The molecule has 17 heavy (non-hydrogen) atoms. The van der Waals surface area contributed by atoms with Gasteiger partial charge in [0.25, 0.3) is 0 Å². The number of nitrogens with two attached hydrogens (primary N) is 1. The zero-order valence-electron chi connectivity index (χ0n) is 9.03. The van der Waals surface area contributed by atoms with Gasteiger partial charge in [0.2, 0.25) is 5.91 Å². The van der Waals surface area contributed by atoms with Crippen molar-refractivity contribution in [2.24, 2.45) is 5.73 Å². The predicted octanol–water partition coefficient (Wildman–Crippen LogP) is 1.68. The summed E-state index contributed by atoms with van der Waals surface area (Å²) in [6, 6.07) is 5.40. The third-order valence-corrected chi connectivity index (χ3v) is 3.46. The van der Waals surface area contributed by atoms with E-state index in [2.05, 4.69) is 0 Å². The molecule has 1 fully saturated rings. The number of carbonyl (C=O) groups excluding carboxylic acids is 1. The molecule has 4 nitrogen and oxygen atoms in total. The van der Waals surface area contributed by atoms with E-state index in [4.69, 9.17) is 33.7 Å². The van der Waals surface area contributed by atoms with E-state index in [-0.39, 0.29) is 0 Å². The number of morpholine rings is 1. The maximum atomic E-state index is 11.1. The zero-order chi connectivity index (χ0) is 12.4. The molecule has 0 aliphatic carbocycles. The zero-order valence-corrected chi connectivity index (χ0v) is 10.5. The number of hydrogen-bond acceptors (Lipinski definition) is 3. The van der Waals surface area contributed by atoms with Crippen LogP contribution < -0.4 is 10.6 Å². The number of nitrogens with zero attached hydrogens (tertiary/aromatic N) is 1. The van der Waals surface area contributed by atoms with Crippen LogP contribution in [0, 0.1) is 0 Å². The standard InChI is InChI=1S/C11H12Cl2N2O2/c12-7-2-1-3-8(10(7)13)15-4-5-17-9(6-15)11(14)16/h1-3,9H,4-6H2,(H2,14,16). The molecule has 0 saturated carbocycles. The Morgan fingerprint density at radius 2 is 2.24 bits per heavy atom. The first-order valence-electron chi connectivity index (χ1n) is 5.19. The maximum Gasteiger partial charge on any atom is 0.248 e. The monoisotopic (exact) mass is 274 g/mol. The molecule has 1 aromatic carbocycles. The van der Waals surface area contributed by atoms with E-state index in [9.17, 15) is 4.79 Å². The first-order chi connectivity index (χ1) is 8.09. The molecule has 1 amide bonds. The van der Waals surface area contributed by atoms with E-state index in [0.717, 1.165) is 5.69 Å². The summed E-state index contributed by atoms with van der Waals surface area (Å²) in [5.41, 5.74) is 6.03. The lowest BCUT2D eigenvalue weighted by atomic mass is 10.2. The Hall–Kier alpha value is -0.970. The Labute approximate surface area is 109 Å². The van der Waals surface area contributed by atoms with Crippen molar-refractivity contribution in [3.05, 3.63) is 28.2 Å². The molecule has 1 aliphatic rings. The van der Waals surface area contributed by atoms with Crippen molar-refractivity contribution in [3.8, 4) is 0 Å². The highest BCUT2D eigenvalue weighted by molar-refractivity contribution is 6.43. The van der Waals surface area contributed by atoms with Gasteiger partial charge in [-0.15, -0.1) is 0 Å². The van der Waals surface area contributed by atoms with Gasteiger partial charge >= 0.3 is 0 Å². The maximum absolute atomic E-state index is 11.1. The number of halogens is 2. The van der Waals surface area contributed by atoms with Crippen molar-refractivity contribution in [1.29, 1.82) is 0 Å². The van der Waals surface area contributed by atoms with Crippen LogP contribution in [0.4, 0.5) is 5.69 Å². The molecule has 1 heterocycles. The molecule has 1 atom stereocenters. The fraction of sp³-hybridized carbons (Fsp3) is 0.364. The summed E-state index contributed by atoms with van der Waals surface area (Å²) in [4.78, 5) is 13.0. The van der Waals surface area contributed by atoms with Crippen molar-refractivity contribution in [3.63, 3.8) is 0 Å². The van der Waals surface area contributed by atoms with Gasteiger partial charge in [-0.05, 0) is 12.1 Å². The molecular formula is C11H12Cl2N2O2. The topological polar surface area (TPSA) is 55.6 Å². The second kappa shape index (κ2) is 5.12. The minimum absolute atomic E-state index is 0.398.